The van der Waals surface area contributed by atoms with E-state index in [0.29, 0.717) is 17.9 Å². The average molecular weight is 451 g/mol. The Morgan fingerprint density at radius 2 is 1.88 bits per heavy atom. The molecule has 32 heavy (non-hydrogen) atoms. The first-order chi connectivity index (χ1) is 15.5. The number of thiophene rings is 1. The summed E-state index contributed by atoms with van der Waals surface area (Å²) in [6, 6.07) is 20.6. The number of esters is 1. The molecule has 0 bridgehead atoms. The second kappa shape index (κ2) is 12.0. The zero-order valence-corrected chi connectivity index (χ0v) is 18.8. The highest BCUT2D eigenvalue weighted by Gasteiger charge is 2.16. The summed E-state index contributed by atoms with van der Waals surface area (Å²) in [6.45, 7) is 2.66. The van der Waals surface area contributed by atoms with Gasteiger partial charge in [-0.2, -0.15) is 5.26 Å². The summed E-state index contributed by atoms with van der Waals surface area (Å²) in [5.74, 6) is -0.555. The second-order valence-corrected chi connectivity index (χ2v) is 8.72. The van der Waals surface area contributed by atoms with Gasteiger partial charge in [-0.25, -0.2) is 4.79 Å². The van der Waals surface area contributed by atoms with Gasteiger partial charge in [-0.15, -0.1) is 11.3 Å². The number of amides is 1. The summed E-state index contributed by atoms with van der Waals surface area (Å²) in [6.07, 6.45) is 0.809. The van der Waals surface area contributed by atoms with Gasteiger partial charge < -0.3 is 14.8 Å². The molecule has 6 nitrogen and oxygen atoms in total. The third-order valence-electron chi connectivity index (χ3n) is 4.89. The number of nitrogens with zero attached hydrogens (tertiary/aromatic N) is 1. The monoisotopic (exact) mass is 450 g/mol. The predicted molar refractivity (Wildman–Crippen MR) is 124 cm³/mol. The molecule has 3 rings (SSSR count). The summed E-state index contributed by atoms with van der Waals surface area (Å²) < 4.78 is 12.0. The van der Waals surface area contributed by atoms with Gasteiger partial charge in [0.25, 0.3) is 0 Å². The molecule has 7 heteroatoms. The number of carbonyl (C=O) groups excluding carboxylic acids is 2. The average Bonchev–Trinajstić information content (AvgIpc) is 3.23. The molecule has 1 amide bonds. The maximum Gasteiger partial charge on any atom is 0.348 e. The lowest BCUT2D eigenvalue weighted by atomic mass is 10.0. The number of carbonyl (C=O) groups is 2. The van der Waals surface area contributed by atoms with E-state index in [-0.39, 0.29) is 37.4 Å². The van der Waals surface area contributed by atoms with E-state index in [1.165, 1.54) is 11.3 Å². The predicted octanol–water partition coefficient (Wildman–Crippen LogP) is 4.70. The summed E-state index contributed by atoms with van der Waals surface area (Å²) in [5.41, 5.74) is 1.01. The Kier molecular flexibility index (Phi) is 8.79. The van der Waals surface area contributed by atoms with Crippen molar-refractivity contribution in [3.05, 3.63) is 71.1 Å². The van der Waals surface area contributed by atoms with Gasteiger partial charge in [0.2, 0.25) is 5.91 Å². The minimum absolute atomic E-state index is 0.00906. The Hall–Kier alpha value is -3.21. The van der Waals surface area contributed by atoms with Gasteiger partial charge in [-0.3, -0.25) is 4.79 Å². The largest absolute Gasteiger partial charge is 0.461 e. The SMILES string of the molecule is CC(CCOC(=O)c1cc2ccccc2s1)CC(=O)NC(C#N)COCc1ccccc1. The van der Waals surface area contributed by atoms with E-state index >= 15 is 0 Å². The van der Waals surface area contributed by atoms with Gasteiger partial charge in [0.15, 0.2) is 0 Å². The van der Waals surface area contributed by atoms with Crippen molar-refractivity contribution in [1.29, 1.82) is 5.26 Å². The number of ether oxygens (including phenoxy) is 2. The second-order valence-electron chi connectivity index (χ2n) is 7.63. The van der Waals surface area contributed by atoms with E-state index in [0.717, 1.165) is 15.6 Å². The first-order valence-electron chi connectivity index (χ1n) is 10.5. The van der Waals surface area contributed by atoms with Crippen LogP contribution in [0.3, 0.4) is 0 Å². The normalized spacial score (nSPS) is 12.6. The zero-order chi connectivity index (χ0) is 22.8. The lowest BCUT2D eigenvalue weighted by Gasteiger charge is -2.15. The molecular formula is C25H26N2O4S. The maximum atomic E-state index is 12.3. The molecule has 0 aliphatic carbocycles. The molecule has 0 aliphatic rings. The highest BCUT2D eigenvalue weighted by molar-refractivity contribution is 7.20. The van der Waals surface area contributed by atoms with Gasteiger partial charge in [-0.05, 0) is 35.4 Å². The van der Waals surface area contributed by atoms with Crippen molar-refractivity contribution in [3.63, 3.8) is 0 Å². The summed E-state index contributed by atoms with van der Waals surface area (Å²) in [4.78, 5) is 25.1. The van der Waals surface area contributed by atoms with E-state index in [1.807, 2.05) is 67.6 Å². The molecule has 0 saturated heterocycles. The van der Waals surface area contributed by atoms with Crippen molar-refractivity contribution in [3.8, 4) is 6.07 Å². The fourth-order valence-electron chi connectivity index (χ4n) is 3.16. The molecule has 2 unspecified atom stereocenters. The first kappa shape index (κ1) is 23.5. The van der Waals surface area contributed by atoms with Crippen molar-refractivity contribution in [1.82, 2.24) is 5.32 Å². The van der Waals surface area contributed by atoms with Crippen LogP contribution in [-0.2, 0) is 20.9 Å². The maximum absolute atomic E-state index is 12.3. The zero-order valence-electron chi connectivity index (χ0n) is 18.0. The third-order valence-corrected chi connectivity index (χ3v) is 5.99. The molecule has 1 heterocycles. The summed E-state index contributed by atoms with van der Waals surface area (Å²) in [7, 11) is 0. The van der Waals surface area contributed by atoms with Crippen molar-refractivity contribution in [2.24, 2.45) is 5.92 Å². The number of nitrogens with one attached hydrogen (secondary N) is 1. The van der Waals surface area contributed by atoms with Crippen LogP contribution in [0.1, 0.15) is 35.0 Å². The van der Waals surface area contributed by atoms with Gasteiger partial charge >= 0.3 is 5.97 Å². The molecule has 0 fully saturated rings. The Labute approximate surface area is 191 Å². The molecule has 3 aromatic rings. The fourth-order valence-corrected chi connectivity index (χ4v) is 4.11. The van der Waals surface area contributed by atoms with Crippen LogP contribution < -0.4 is 5.32 Å². The van der Waals surface area contributed by atoms with Crippen LogP contribution in [0.25, 0.3) is 10.1 Å². The lowest BCUT2D eigenvalue weighted by molar-refractivity contribution is -0.122. The van der Waals surface area contributed by atoms with E-state index < -0.39 is 6.04 Å². The highest BCUT2D eigenvalue weighted by Crippen LogP contribution is 2.25. The van der Waals surface area contributed by atoms with Crippen molar-refractivity contribution >= 4 is 33.3 Å². The van der Waals surface area contributed by atoms with Crippen molar-refractivity contribution in [2.75, 3.05) is 13.2 Å². The fraction of sp³-hybridized carbons (Fsp3) is 0.320. The molecule has 1 aromatic heterocycles. The van der Waals surface area contributed by atoms with Gasteiger partial charge in [0.1, 0.15) is 10.9 Å². The molecule has 1 N–H and O–H groups in total. The summed E-state index contributed by atoms with van der Waals surface area (Å²) in [5, 5.41) is 13.0. The number of rotatable bonds is 11. The number of benzene rings is 2. The number of nitriles is 1. The molecule has 2 aromatic carbocycles. The van der Waals surface area contributed by atoms with Crippen LogP contribution in [-0.4, -0.2) is 31.1 Å². The van der Waals surface area contributed by atoms with Crippen LogP contribution in [0.15, 0.2) is 60.7 Å². The summed E-state index contributed by atoms with van der Waals surface area (Å²) >= 11 is 1.41. The molecular weight excluding hydrogens is 424 g/mol. The molecule has 0 radical (unpaired) electrons. The first-order valence-corrected chi connectivity index (χ1v) is 11.3. The van der Waals surface area contributed by atoms with Gasteiger partial charge in [0.05, 0.1) is 25.9 Å². The Morgan fingerprint density at radius 3 is 2.62 bits per heavy atom. The Morgan fingerprint density at radius 1 is 1.12 bits per heavy atom. The lowest BCUT2D eigenvalue weighted by Crippen LogP contribution is -2.37. The number of fused-ring (bicyclic) bond motifs is 1. The Bertz CT molecular complexity index is 1040. The Balaban J connectivity index is 1.34. The van der Waals surface area contributed by atoms with Crippen molar-refractivity contribution in [2.45, 2.75) is 32.4 Å². The smallest absolute Gasteiger partial charge is 0.348 e. The minimum Gasteiger partial charge on any atom is -0.461 e. The van der Waals surface area contributed by atoms with Crippen LogP contribution in [0, 0.1) is 17.2 Å². The quantitative estimate of drug-likeness (QED) is 0.428. The van der Waals surface area contributed by atoms with Crippen molar-refractivity contribution < 1.29 is 19.1 Å². The van der Waals surface area contributed by atoms with Gasteiger partial charge in [0, 0.05) is 11.1 Å². The van der Waals surface area contributed by atoms with Crippen LogP contribution >= 0.6 is 11.3 Å². The van der Waals surface area contributed by atoms with E-state index in [2.05, 4.69) is 11.4 Å². The van der Waals surface area contributed by atoms with Gasteiger partial charge in [-0.1, -0.05) is 55.5 Å². The topological polar surface area (TPSA) is 88.4 Å². The van der Waals surface area contributed by atoms with Crippen LogP contribution in [0.5, 0.6) is 0 Å². The molecule has 0 aliphatic heterocycles. The van der Waals surface area contributed by atoms with E-state index in [4.69, 9.17) is 9.47 Å². The van der Waals surface area contributed by atoms with Crippen LogP contribution in [0.2, 0.25) is 0 Å². The molecule has 166 valence electrons. The molecule has 0 saturated carbocycles. The standard InChI is InChI=1S/C25H26N2O4S/c1-18(11-12-31-25(29)23-14-20-9-5-6-10-22(20)32-23)13-24(28)27-21(15-26)17-30-16-19-7-3-2-4-8-19/h2-10,14,18,21H,11-13,16-17H2,1H3,(H,27,28). The van der Waals surface area contributed by atoms with Crippen LogP contribution in [0.4, 0.5) is 0 Å². The highest BCUT2D eigenvalue weighted by atomic mass is 32.1. The third kappa shape index (κ3) is 7.19. The van der Waals surface area contributed by atoms with E-state index in [9.17, 15) is 14.9 Å². The minimum atomic E-state index is -0.704. The molecule has 0 spiro atoms. The number of hydrogen-bond donors (Lipinski definition) is 1. The van der Waals surface area contributed by atoms with E-state index in [1.54, 1.807) is 0 Å². The molecule has 2 atom stereocenters. The number of hydrogen-bond acceptors (Lipinski definition) is 6.